The minimum absolute atomic E-state index is 0.136. The first-order valence-electron chi connectivity index (χ1n) is 13.2. The van der Waals surface area contributed by atoms with Crippen LogP contribution in [0.4, 0.5) is 5.69 Å². The highest BCUT2D eigenvalue weighted by Gasteiger charge is 2.27. The molecule has 0 aliphatic heterocycles. The minimum atomic E-state index is -1.31. The van der Waals surface area contributed by atoms with Crippen LogP contribution in [0.15, 0.2) is 33.5 Å². The fourth-order valence-corrected chi connectivity index (χ4v) is 5.23. The van der Waals surface area contributed by atoms with Gasteiger partial charge in [-0.15, -0.1) is 0 Å². The van der Waals surface area contributed by atoms with Gasteiger partial charge in [-0.3, -0.25) is 24.0 Å². The molecule has 1 unspecified atom stereocenters. The van der Waals surface area contributed by atoms with Crippen molar-refractivity contribution in [3.05, 3.63) is 40.2 Å². The maximum Gasteiger partial charge on any atom is 0.340 e. The van der Waals surface area contributed by atoms with E-state index in [1.54, 1.807) is 18.2 Å². The van der Waals surface area contributed by atoms with E-state index in [1.807, 2.05) is 19.9 Å². The molecule has 0 aliphatic rings. The fourth-order valence-electron chi connectivity index (χ4n) is 3.98. The van der Waals surface area contributed by atoms with Crippen molar-refractivity contribution in [1.82, 2.24) is 10.6 Å². The van der Waals surface area contributed by atoms with Crippen LogP contribution in [-0.4, -0.2) is 84.5 Å². The first kappa shape index (κ1) is 34.1. The Kier molecular flexibility index (Phi) is 13.3. The molecule has 0 bridgehead atoms. The molecule has 0 saturated heterocycles. The van der Waals surface area contributed by atoms with Crippen LogP contribution in [0, 0.1) is 0 Å². The number of rotatable bonds is 17. The predicted molar refractivity (Wildman–Crippen MR) is 155 cm³/mol. The maximum absolute atomic E-state index is 13.1. The van der Waals surface area contributed by atoms with Gasteiger partial charge in [-0.2, -0.15) is 11.8 Å². The monoisotopic (exact) mass is 608 g/mol. The van der Waals surface area contributed by atoms with Gasteiger partial charge in [0.15, 0.2) is 0 Å². The zero-order valence-corrected chi connectivity index (χ0v) is 24.4. The number of ether oxygens (including phenoxy) is 1. The molecule has 0 saturated carbocycles. The number of carbonyl (C=O) groups excluding carboxylic acids is 3. The average molecular weight is 609 g/mol. The number of nitrogens with zero attached hydrogens (tertiary/aromatic N) is 1. The summed E-state index contributed by atoms with van der Waals surface area (Å²) in [5.41, 5.74) is 6.11. The number of anilines is 1. The van der Waals surface area contributed by atoms with Crippen molar-refractivity contribution >= 4 is 58.1 Å². The van der Waals surface area contributed by atoms with Crippen molar-refractivity contribution in [1.29, 1.82) is 0 Å². The van der Waals surface area contributed by atoms with E-state index in [1.165, 1.54) is 7.11 Å². The highest BCUT2D eigenvalue weighted by Crippen LogP contribution is 2.33. The lowest BCUT2D eigenvalue weighted by Gasteiger charge is -2.22. The average Bonchev–Trinajstić information content (AvgIpc) is 2.95. The van der Waals surface area contributed by atoms with E-state index in [9.17, 15) is 28.8 Å². The van der Waals surface area contributed by atoms with E-state index < -0.39 is 59.2 Å². The van der Waals surface area contributed by atoms with Crippen LogP contribution >= 0.6 is 11.8 Å². The molecule has 0 radical (unpaired) electrons. The van der Waals surface area contributed by atoms with Gasteiger partial charge in [-0.05, 0) is 38.5 Å². The van der Waals surface area contributed by atoms with Gasteiger partial charge in [0.1, 0.15) is 24.2 Å². The summed E-state index contributed by atoms with van der Waals surface area (Å²) in [6.07, 6.45) is -0.771. The van der Waals surface area contributed by atoms with E-state index in [2.05, 4.69) is 15.5 Å². The summed E-state index contributed by atoms with van der Waals surface area (Å²) in [6.45, 7) is 4.81. The number of esters is 1. The van der Waals surface area contributed by atoms with E-state index >= 15 is 0 Å². The quantitative estimate of drug-likeness (QED) is 0.124. The maximum atomic E-state index is 13.1. The van der Waals surface area contributed by atoms with E-state index in [0.717, 1.165) is 30.5 Å². The molecular formula is C27H36N4O10S. The largest absolute Gasteiger partial charge is 0.480 e. The van der Waals surface area contributed by atoms with Crippen LogP contribution in [0.3, 0.4) is 0 Å². The second-order valence-electron chi connectivity index (χ2n) is 9.20. The Morgan fingerprint density at radius 1 is 1.12 bits per heavy atom. The number of methoxy groups -OCH3 is 1. The van der Waals surface area contributed by atoms with Crippen LogP contribution in [-0.2, 0) is 28.7 Å². The molecule has 2 rings (SSSR count). The normalized spacial score (nSPS) is 13.0. The Bertz CT molecular complexity index is 1340. The lowest BCUT2D eigenvalue weighted by Crippen LogP contribution is -2.49. The van der Waals surface area contributed by atoms with Crippen LogP contribution in [0.2, 0.25) is 0 Å². The summed E-state index contributed by atoms with van der Waals surface area (Å²) in [6, 6.07) is 4.45. The highest BCUT2D eigenvalue weighted by molar-refractivity contribution is 7.99. The summed E-state index contributed by atoms with van der Waals surface area (Å²) in [7, 11) is 1.19. The Morgan fingerprint density at radius 2 is 1.81 bits per heavy atom. The SMILES string of the molecule is CCN(CC)c1ccc2cc(C(CC(=O)OC)SC[C@H](NC(=O)CC[C@H](N)C(=O)O)C(=O)NCC(=O)O)c(=O)oc2c1. The number of thioether (sulfide) groups is 1. The number of amides is 2. The summed E-state index contributed by atoms with van der Waals surface area (Å²) >= 11 is 0.987. The van der Waals surface area contributed by atoms with Gasteiger partial charge in [0.05, 0.1) is 19.1 Å². The summed E-state index contributed by atoms with van der Waals surface area (Å²) in [4.78, 5) is 74.5. The Hall–Kier alpha value is -4.11. The van der Waals surface area contributed by atoms with E-state index in [0.29, 0.717) is 11.0 Å². The lowest BCUT2D eigenvalue weighted by atomic mass is 10.1. The van der Waals surface area contributed by atoms with Crippen molar-refractivity contribution in [2.45, 2.75) is 50.4 Å². The number of benzene rings is 1. The third-order valence-electron chi connectivity index (χ3n) is 6.33. The molecule has 0 aliphatic carbocycles. The summed E-state index contributed by atoms with van der Waals surface area (Å²) in [5.74, 6) is -4.94. The zero-order chi connectivity index (χ0) is 31.4. The molecule has 6 N–H and O–H groups in total. The number of carboxylic acids is 2. The van der Waals surface area contributed by atoms with E-state index in [4.69, 9.17) is 25.1 Å². The second kappa shape index (κ2) is 16.4. The number of aliphatic carboxylic acids is 2. The molecule has 15 heteroatoms. The highest BCUT2D eigenvalue weighted by atomic mass is 32.2. The standard InChI is InChI=1S/C27H36N4O10S/c1-4-31(5-2)16-7-6-15-10-17(27(39)41-20(15)11-16)21(12-24(35)40-3)42-14-19(25(36)29-13-23(33)34)30-22(32)9-8-18(28)26(37)38/h6-7,10-11,18-19,21H,4-5,8-9,12-14,28H2,1-3H3,(H,29,36)(H,30,32)(H,33,34)(H,37,38)/t18-,19-,21?/m0/s1. The molecule has 3 atom stereocenters. The Morgan fingerprint density at radius 3 is 2.40 bits per heavy atom. The molecule has 230 valence electrons. The Balaban J connectivity index is 2.34. The third kappa shape index (κ3) is 10.1. The first-order chi connectivity index (χ1) is 19.9. The fraction of sp³-hybridized carbons (Fsp3) is 0.481. The molecule has 0 fully saturated rings. The van der Waals surface area contributed by atoms with Gasteiger partial charge >= 0.3 is 23.5 Å². The van der Waals surface area contributed by atoms with Crippen LogP contribution < -0.4 is 26.9 Å². The molecule has 42 heavy (non-hydrogen) atoms. The number of carboxylic acid groups (broad SMARTS) is 2. The second-order valence-corrected chi connectivity index (χ2v) is 10.4. The molecule has 1 aromatic heterocycles. The predicted octanol–water partition coefficient (Wildman–Crippen LogP) is 0.854. The van der Waals surface area contributed by atoms with Crippen molar-refractivity contribution in [2.24, 2.45) is 5.73 Å². The number of hydrogen-bond acceptors (Lipinski definition) is 11. The molecule has 1 heterocycles. The molecule has 2 aromatic rings. The molecule has 1 aromatic carbocycles. The minimum Gasteiger partial charge on any atom is -0.480 e. The van der Waals surface area contributed by atoms with Gasteiger partial charge in [0, 0.05) is 47.7 Å². The smallest absolute Gasteiger partial charge is 0.340 e. The number of nitrogens with one attached hydrogen (secondary N) is 2. The van der Waals surface area contributed by atoms with Gasteiger partial charge in [0.25, 0.3) is 0 Å². The van der Waals surface area contributed by atoms with Crippen LogP contribution in [0.5, 0.6) is 0 Å². The number of carbonyl (C=O) groups is 5. The Labute approximate surface area is 245 Å². The zero-order valence-electron chi connectivity index (χ0n) is 23.6. The molecule has 0 spiro atoms. The summed E-state index contributed by atoms with van der Waals surface area (Å²) in [5, 5.41) is 22.2. The van der Waals surface area contributed by atoms with Crippen molar-refractivity contribution in [3.8, 4) is 0 Å². The third-order valence-corrected chi connectivity index (χ3v) is 7.68. The van der Waals surface area contributed by atoms with Crippen LogP contribution in [0.1, 0.15) is 43.9 Å². The lowest BCUT2D eigenvalue weighted by molar-refractivity contribution is -0.141. The number of nitrogens with two attached hydrogens (primary N) is 1. The van der Waals surface area contributed by atoms with Crippen molar-refractivity contribution in [3.63, 3.8) is 0 Å². The summed E-state index contributed by atoms with van der Waals surface area (Å²) < 4.78 is 10.4. The van der Waals surface area contributed by atoms with Crippen molar-refractivity contribution in [2.75, 3.05) is 37.4 Å². The van der Waals surface area contributed by atoms with Crippen LogP contribution in [0.25, 0.3) is 11.0 Å². The first-order valence-corrected chi connectivity index (χ1v) is 14.2. The number of hydrogen-bond donors (Lipinski definition) is 5. The molecule has 14 nitrogen and oxygen atoms in total. The topological polar surface area (TPSA) is 219 Å². The van der Waals surface area contributed by atoms with Gasteiger partial charge in [-0.25, -0.2) is 4.79 Å². The van der Waals surface area contributed by atoms with Crippen molar-refractivity contribution < 1.29 is 43.3 Å². The van der Waals surface area contributed by atoms with E-state index in [-0.39, 0.29) is 30.6 Å². The number of fused-ring (bicyclic) bond motifs is 1. The molecule has 2 amide bonds. The van der Waals surface area contributed by atoms with Gasteiger partial charge < -0.3 is 40.6 Å². The van der Waals surface area contributed by atoms with Gasteiger partial charge in [-0.1, -0.05) is 0 Å². The molecular weight excluding hydrogens is 572 g/mol. The van der Waals surface area contributed by atoms with Gasteiger partial charge in [0.2, 0.25) is 11.8 Å².